The number of thiazole rings is 1. The zero-order chi connectivity index (χ0) is 18.8. The van der Waals surface area contributed by atoms with E-state index in [2.05, 4.69) is 10.3 Å². The van der Waals surface area contributed by atoms with Gasteiger partial charge in [-0.2, -0.15) is 0 Å². The van der Waals surface area contributed by atoms with Gasteiger partial charge in [0, 0.05) is 11.5 Å². The van der Waals surface area contributed by atoms with Crippen molar-refractivity contribution < 1.29 is 9.21 Å². The van der Waals surface area contributed by atoms with E-state index < -0.39 is 0 Å². The lowest BCUT2D eigenvalue weighted by atomic mass is 10.1. The molecule has 1 N–H and O–H groups in total. The summed E-state index contributed by atoms with van der Waals surface area (Å²) in [6, 6.07) is 9.36. The topological polar surface area (TPSA) is 72.2 Å². The summed E-state index contributed by atoms with van der Waals surface area (Å²) in [5.74, 6) is -0.356. The van der Waals surface area contributed by atoms with E-state index in [1.807, 2.05) is 35.9 Å². The molecule has 0 aliphatic heterocycles. The van der Waals surface area contributed by atoms with Crippen LogP contribution in [0.15, 0.2) is 62.6 Å². The molecule has 3 heterocycles. The summed E-state index contributed by atoms with van der Waals surface area (Å²) in [7, 11) is 0. The molecule has 4 rings (SSSR count). The molecule has 1 amide bonds. The van der Waals surface area contributed by atoms with E-state index in [9.17, 15) is 9.59 Å². The summed E-state index contributed by atoms with van der Waals surface area (Å²) in [4.78, 5) is 30.1. The van der Waals surface area contributed by atoms with Crippen LogP contribution in [0.1, 0.15) is 11.1 Å². The summed E-state index contributed by atoms with van der Waals surface area (Å²) >= 11 is 2.95. The Kier molecular flexibility index (Phi) is 4.70. The van der Waals surface area contributed by atoms with Crippen molar-refractivity contribution in [3.05, 3.63) is 74.8 Å². The maximum atomic E-state index is 12.5. The number of nitrogens with zero attached hydrogens (tertiary/aromatic N) is 1. The molecule has 0 aliphatic rings. The van der Waals surface area contributed by atoms with Gasteiger partial charge in [0.15, 0.2) is 10.6 Å². The zero-order valence-corrected chi connectivity index (χ0v) is 15.9. The average molecular weight is 394 g/mol. The molecule has 27 heavy (non-hydrogen) atoms. The van der Waals surface area contributed by atoms with Crippen molar-refractivity contribution in [3.63, 3.8) is 0 Å². The highest BCUT2D eigenvalue weighted by atomic mass is 32.1. The number of thiophene rings is 1. The van der Waals surface area contributed by atoms with E-state index in [0.29, 0.717) is 21.7 Å². The Morgan fingerprint density at radius 2 is 2.15 bits per heavy atom. The van der Waals surface area contributed by atoms with Crippen LogP contribution in [0.25, 0.3) is 27.6 Å². The molecule has 0 unspecified atom stereocenters. The van der Waals surface area contributed by atoms with Crippen molar-refractivity contribution in [2.75, 3.05) is 5.32 Å². The van der Waals surface area contributed by atoms with Gasteiger partial charge in [0.05, 0.1) is 21.5 Å². The summed E-state index contributed by atoms with van der Waals surface area (Å²) in [5, 5.41) is 7.59. The molecule has 0 aliphatic carbocycles. The number of rotatable bonds is 4. The SMILES string of the molecule is Cc1ccc2occ(/C=C/C(=O)Nc3nc(-c4cccs4)cs3)c(=O)c2c1. The highest BCUT2D eigenvalue weighted by Gasteiger charge is 2.08. The molecule has 0 spiro atoms. The third kappa shape index (κ3) is 3.74. The Bertz CT molecular complexity index is 1200. The van der Waals surface area contributed by atoms with Crippen molar-refractivity contribution in [3.8, 4) is 10.6 Å². The highest BCUT2D eigenvalue weighted by Crippen LogP contribution is 2.28. The van der Waals surface area contributed by atoms with E-state index in [4.69, 9.17) is 4.42 Å². The normalized spacial score (nSPS) is 11.3. The molecule has 5 nitrogen and oxygen atoms in total. The van der Waals surface area contributed by atoms with Crippen LogP contribution in [0, 0.1) is 6.92 Å². The number of carbonyl (C=O) groups excluding carboxylic acids is 1. The standard InChI is InChI=1S/C20H14N2O3S2/c1-12-4-6-16-14(9-12)19(24)13(10-25-16)5-7-18(23)22-20-21-15(11-27-20)17-3-2-8-26-17/h2-11H,1H3,(H,21,22,23)/b7-5+. The molecular formula is C20H14N2O3S2. The molecule has 0 atom stereocenters. The maximum Gasteiger partial charge on any atom is 0.250 e. The van der Waals surface area contributed by atoms with Crippen LogP contribution in [-0.4, -0.2) is 10.9 Å². The van der Waals surface area contributed by atoms with Gasteiger partial charge in [-0.1, -0.05) is 17.7 Å². The van der Waals surface area contributed by atoms with Crippen molar-refractivity contribution in [1.29, 1.82) is 0 Å². The minimum Gasteiger partial charge on any atom is -0.463 e. The van der Waals surface area contributed by atoms with Gasteiger partial charge in [0.1, 0.15) is 11.8 Å². The van der Waals surface area contributed by atoms with Crippen LogP contribution in [0.2, 0.25) is 0 Å². The third-order valence-corrected chi connectivity index (χ3v) is 5.53. The second-order valence-corrected chi connectivity index (χ2v) is 7.66. The van der Waals surface area contributed by atoms with Gasteiger partial charge in [-0.15, -0.1) is 22.7 Å². The molecule has 0 fully saturated rings. The van der Waals surface area contributed by atoms with Crippen LogP contribution in [0.5, 0.6) is 0 Å². The average Bonchev–Trinajstić information content (AvgIpc) is 3.33. The van der Waals surface area contributed by atoms with E-state index in [1.165, 1.54) is 29.8 Å². The number of hydrogen-bond acceptors (Lipinski definition) is 6. The monoisotopic (exact) mass is 394 g/mol. The Balaban J connectivity index is 1.51. The molecule has 7 heteroatoms. The summed E-state index contributed by atoms with van der Waals surface area (Å²) in [6.07, 6.45) is 4.12. The lowest BCUT2D eigenvalue weighted by Gasteiger charge is -2.00. The number of amides is 1. The van der Waals surface area contributed by atoms with Crippen LogP contribution in [-0.2, 0) is 4.79 Å². The van der Waals surface area contributed by atoms with E-state index in [-0.39, 0.29) is 11.3 Å². The molecular weight excluding hydrogens is 380 g/mol. The number of hydrogen-bond donors (Lipinski definition) is 1. The molecule has 0 bridgehead atoms. The smallest absolute Gasteiger partial charge is 0.250 e. The molecule has 0 saturated heterocycles. The van der Waals surface area contributed by atoms with Crippen LogP contribution >= 0.6 is 22.7 Å². The van der Waals surface area contributed by atoms with Crippen LogP contribution in [0.4, 0.5) is 5.13 Å². The second-order valence-electron chi connectivity index (χ2n) is 5.86. The quantitative estimate of drug-likeness (QED) is 0.498. The minimum atomic E-state index is -0.356. The molecule has 134 valence electrons. The first-order valence-corrected chi connectivity index (χ1v) is 9.87. The lowest BCUT2D eigenvalue weighted by molar-refractivity contribution is -0.111. The third-order valence-electron chi connectivity index (χ3n) is 3.88. The van der Waals surface area contributed by atoms with Crippen molar-refractivity contribution >= 4 is 50.8 Å². The molecule has 0 radical (unpaired) electrons. The van der Waals surface area contributed by atoms with Crippen LogP contribution in [0.3, 0.4) is 0 Å². The number of benzene rings is 1. The largest absolute Gasteiger partial charge is 0.463 e. The minimum absolute atomic E-state index is 0.168. The van der Waals surface area contributed by atoms with Gasteiger partial charge in [-0.3, -0.25) is 14.9 Å². The Morgan fingerprint density at radius 3 is 2.96 bits per heavy atom. The first-order valence-electron chi connectivity index (χ1n) is 8.11. The number of carbonyl (C=O) groups is 1. The highest BCUT2D eigenvalue weighted by molar-refractivity contribution is 7.16. The fraction of sp³-hybridized carbons (Fsp3) is 0.0500. The molecule has 0 saturated carbocycles. The summed E-state index contributed by atoms with van der Waals surface area (Å²) in [5.41, 5.74) is 2.48. The number of nitrogens with one attached hydrogen (secondary N) is 1. The molecule has 4 aromatic rings. The Morgan fingerprint density at radius 1 is 1.26 bits per heavy atom. The first-order chi connectivity index (χ1) is 13.1. The maximum absolute atomic E-state index is 12.5. The van der Waals surface area contributed by atoms with Gasteiger partial charge < -0.3 is 4.42 Å². The number of aryl methyl sites for hydroxylation is 1. The predicted octanol–water partition coefficient (Wildman–Crippen LogP) is 4.94. The van der Waals surface area contributed by atoms with Gasteiger partial charge in [-0.05, 0) is 36.6 Å². The van der Waals surface area contributed by atoms with Gasteiger partial charge in [0.25, 0.3) is 0 Å². The fourth-order valence-corrected chi connectivity index (χ4v) is 4.03. The first kappa shape index (κ1) is 17.4. The van der Waals surface area contributed by atoms with Gasteiger partial charge in [0.2, 0.25) is 5.91 Å². The van der Waals surface area contributed by atoms with E-state index >= 15 is 0 Å². The fourth-order valence-electron chi connectivity index (χ4n) is 2.56. The van der Waals surface area contributed by atoms with Gasteiger partial charge in [-0.25, -0.2) is 4.98 Å². The number of fused-ring (bicyclic) bond motifs is 1. The van der Waals surface area contributed by atoms with Crippen LogP contribution < -0.4 is 10.7 Å². The van der Waals surface area contributed by atoms with Crippen molar-refractivity contribution in [2.45, 2.75) is 6.92 Å². The zero-order valence-electron chi connectivity index (χ0n) is 14.3. The molecule has 3 aromatic heterocycles. The second kappa shape index (κ2) is 7.30. The van der Waals surface area contributed by atoms with E-state index in [0.717, 1.165) is 16.1 Å². The summed E-state index contributed by atoms with van der Waals surface area (Å²) in [6.45, 7) is 1.91. The summed E-state index contributed by atoms with van der Waals surface area (Å²) < 4.78 is 5.48. The van der Waals surface area contributed by atoms with Crippen molar-refractivity contribution in [2.24, 2.45) is 0 Å². The predicted molar refractivity (Wildman–Crippen MR) is 110 cm³/mol. The number of aromatic nitrogens is 1. The Labute approximate surface area is 162 Å². The number of anilines is 1. The van der Waals surface area contributed by atoms with Gasteiger partial charge >= 0.3 is 0 Å². The molecule has 1 aromatic carbocycles. The Hall–Kier alpha value is -3.03. The lowest BCUT2D eigenvalue weighted by Crippen LogP contribution is -2.09. The van der Waals surface area contributed by atoms with Crippen molar-refractivity contribution in [1.82, 2.24) is 4.98 Å². The van der Waals surface area contributed by atoms with E-state index in [1.54, 1.807) is 23.5 Å².